The maximum atomic E-state index is 12.4. The van der Waals surface area contributed by atoms with Gasteiger partial charge in [0.1, 0.15) is 10.8 Å². The third kappa shape index (κ3) is 4.19. The number of nitrogens with two attached hydrogens (primary N) is 1. The lowest BCUT2D eigenvalue weighted by Crippen LogP contribution is -2.16. The van der Waals surface area contributed by atoms with E-state index in [1.807, 2.05) is 31.2 Å². The predicted octanol–water partition coefficient (Wildman–Crippen LogP) is 3.40. The number of carbonyl (C=O) groups is 1. The minimum atomic E-state index is -0.0414. The number of benzene rings is 1. The minimum Gasteiger partial charge on any atom is -0.494 e. The molecule has 0 fully saturated rings. The van der Waals surface area contributed by atoms with E-state index in [0.717, 1.165) is 41.1 Å². The second-order valence-corrected chi connectivity index (χ2v) is 7.73. The number of ether oxygens (including phenoxy) is 1. The van der Waals surface area contributed by atoms with Crippen molar-refractivity contribution in [1.29, 1.82) is 0 Å². The minimum absolute atomic E-state index is 0.0414. The van der Waals surface area contributed by atoms with Gasteiger partial charge in [-0.3, -0.25) is 4.79 Å². The van der Waals surface area contributed by atoms with Gasteiger partial charge in [-0.2, -0.15) is 0 Å². The van der Waals surface area contributed by atoms with Gasteiger partial charge in [-0.15, -0.1) is 11.3 Å². The first-order valence-corrected chi connectivity index (χ1v) is 9.95. The largest absolute Gasteiger partial charge is 0.494 e. The number of hydrogen-bond acceptors (Lipinski definition) is 5. The van der Waals surface area contributed by atoms with Gasteiger partial charge in [-0.25, -0.2) is 0 Å². The van der Waals surface area contributed by atoms with E-state index in [4.69, 9.17) is 10.5 Å². The number of hydrogen-bond donors (Lipinski definition) is 3. The van der Waals surface area contributed by atoms with Gasteiger partial charge in [0, 0.05) is 17.9 Å². The second kappa shape index (κ2) is 8.56. The number of para-hydroxylation sites is 1. The Balaban J connectivity index is 1.62. The number of aryl methyl sites for hydroxylation is 1. The lowest BCUT2D eigenvalue weighted by atomic mass is 9.89. The molecule has 0 saturated heterocycles. The molecule has 1 aromatic carbocycles. The average molecular weight is 375 g/mol. The van der Waals surface area contributed by atoms with Crippen LogP contribution in [0.15, 0.2) is 24.3 Å². The standard InChI is InChI=1S/C20H26N2O3S/c1-2-25-16-6-4-3-5-14(16)8-10-18(24)22-20-19(21)15-9-7-13(12-23)11-17(15)26-20/h3-6,13,23H,2,7-12,21H2,1H3,(H,22,24). The van der Waals surface area contributed by atoms with Crippen molar-refractivity contribution >= 4 is 27.9 Å². The zero-order valence-corrected chi connectivity index (χ0v) is 15.9. The monoisotopic (exact) mass is 374 g/mol. The van der Waals surface area contributed by atoms with Crippen LogP contribution in [0.3, 0.4) is 0 Å². The number of nitrogen functional groups attached to an aromatic ring is 1. The first kappa shape index (κ1) is 18.7. The average Bonchev–Trinajstić information content (AvgIpc) is 2.96. The summed E-state index contributed by atoms with van der Waals surface area (Å²) in [5.74, 6) is 1.10. The molecule has 1 heterocycles. The van der Waals surface area contributed by atoms with Crippen LogP contribution in [0.4, 0.5) is 10.7 Å². The molecule has 0 spiro atoms. The SMILES string of the molecule is CCOc1ccccc1CCC(=O)Nc1sc2c(c1N)CCC(CO)C2. The molecule has 0 aliphatic heterocycles. The summed E-state index contributed by atoms with van der Waals surface area (Å²) in [6.07, 6.45) is 3.68. The maximum Gasteiger partial charge on any atom is 0.225 e. The normalized spacial score (nSPS) is 16.2. The smallest absolute Gasteiger partial charge is 0.225 e. The molecule has 6 heteroatoms. The molecule has 140 valence electrons. The Kier molecular flexibility index (Phi) is 6.16. The van der Waals surface area contributed by atoms with Crippen LogP contribution in [-0.2, 0) is 24.1 Å². The van der Waals surface area contributed by atoms with Crippen LogP contribution in [0.5, 0.6) is 5.75 Å². The third-order valence-corrected chi connectivity index (χ3v) is 6.00. The quantitative estimate of drug-likeness (QED) is 0.693. The number of aliphatic hydroxyl groups is 1. The molecule has 5 nitrogen and oxygen atoms in total. The summed E-state index contributed by atoms with van der Waals surface area (Å²) in [7, 11) is 0. The predicted molar refractivity (Wildman–Crippen MR) is 106 cm³/mol. The number of nitrogens with one attached hydrogen (secondary N) is 1. The first-order chi connectivity index (χ1) is 12.6. The van der Waals surface area contributed by atoms with Crippen molar-refractivity contribution in [1.82, 2.24) is 0 Å². The summed E-state index contributed by atoms with van der Waals surface area (Å²) in [4.78, 5) is 13.6. The molecule has 1 amide bonds. The van der Waals surface area contributed by atoms with Crippen LogP contribution in [-0.4, -0.2) is 24.2 Å². The summed E-state index contributed by atoms with van der Waals surface area (Å²) in [6, 6.07) is 7.81. The molecule has 0 bridgehead atoms. The third-order valence-electron chi connectivity index (χ3n) is 4.81. The van der Waals surface area contributed by atoms with Crippen molar-refractivity contribution < 1.29 is 14.6 Å². The number of aliphatic hydroxyl groups excluding tert-OH is 1. The molecule has 1 aliphatic carbocycles. The topological polar surface area (TPSA) is 84.6 Å². The molecule has 1 aromatic heterocycles. The van der Waals surface area contributed by atoms with Gasteiger partial charge < -0.3 is 20.9 Å². The molecule has 2 aromatic rings. The van der Waals surface area contributed by atoms with Gasteiger partial charge in [0.05, 0.1) is 12.3 Å². The van der Waals surface area contributed by atoms with Crippen LogP contribution in [0.25, 0.3) is 0 Å². The summed E-state index contributed by atoms with van der Waals surface area (Å²) >= 11 is 1.55. The van der Waals surface area contributed by atoms with Crippen molar-refractivity contribution in [2.75, 3.05) is 24.3 Å². The highest BCUT2D eigenvalue weighted by Crippen LogP contribution is 2.41. The number of amides is 1. The Morgan fingerprint density at radius 2 is 2.23 bits per heavy atom. The van der Waals surface area contributed by atoms with Crippen molar-refractivity contribution in [2.45, 2.75) is 39.0 Å². The molecular formula is C20H26N2O3S. The van der Waals surface area contributed by atoms with Crippen molar-refractivity contribution in [3.63, 3.8) is 0 Å². The number of fused-ring (bicyclic) bond motifs is 1. The van der Waals surface area contributed by atoms with Gasteiger partial charge in [0.25, 0.3) is 0 Å². The number of anilines is 2. The molecule has 4 N–H and O–H groups in total. The molecule has 26 heavy (non-hydrogen) atoms. The highest BCUT2D eigenvalue weighted by Gasteiger charge is 2.24. The van der Waals surface area contributed by atoms with E-state index in [0.29, 0.717) is 31.1 Å². The second-order valence-electron chi connectivity index (χ2n) is 6.63. The fourth-order valence-corrected chi connectivity index (χ4v) is 4.67. The van der Waals surface area contributed by atoms with E-state index in [1.54, 1.807) is 11.3 Å². The van der Waals surface area contributed by atoms with Gasteiger partial charge in [-0.05, 0) is 55.7 Å². The van der Waals surface area contributed by atoms with Crippen molar-refractivity contribution in [3.05, 3.63) is 40.3 Å². The van der Waals surface area contributed by atoms with Crippen molar-refractivity contribution in [3.8, 4) is 5.75 Å². The Hall–Kier alpha value is -2.05. The van der Waals surface area contributed by atoms with E-state index in [-0.39, 0.29) is 12.5 Å². The molecule has 0 saturated carbocycles. The molecule has 3 rings (SSSR count). The molecule has 1 atom stereocenters. The molecule has 0 radical (unpaired) electrons. The van der Waals surface area contributed by atoms with E-state index >= 15 is 0 Å². The number of thiophene rings is 1. The van der Waals surface area contributed by atoms with E-state index < -0.39 is 0 Å². The zero-order chi connectivity index (χ0) is 18.5. The lowest BCUT2D eigenvalue weighted by Gasteiger charge is -2.19. The number of carbonyl (C=O) groups excluding carboxylic acids is 1. The lowest BCUT2D eigenvalue weighted by molar-refractivity contribution is -0.116. The van der Waals surface area contributed by atoms with E-state index in [2.05, 4.69) is 5.32 Å². The first-order valence-electron chi connectivity index (χ1n) is 9.13. The summed E-state index contributed by atoms with van der Waals surface area (Å²) < 4.78 is 5.61. The zero-order valence-electron chi connectivity index (χ0n) is 15.1. The van der Waals surface area contributed by atoms with Gasteiger partial charge in [0.15, 0.2) is 0 Å². The van der Waals surface area contributed by atoms with Crippen LogP contribution < -0.4 is 15.8 Å². The number of rotatable bonds is 7. The van der Waals surface area contributed by atoms with Crippen LogP contribution in [0, 0.1) is 5.92 Å². The van der Waals surface area contributed by atoms with Crippen LogP contribution in [0.1, 0.15) is 35.8 Å². The highest BCUT2D eigenvalue weighted by atomic mass is 32.1. The highest BCUT2D eigenvalue weighted by molar-refractivity contribution is 7.17. The molecule has 1 aliphatic rings. The van der Waals surface area contributed by atoms with Crippen molar-refractivity contribution in [2.24, 2.45) is 5.92 Å². The van der Waals surface area contributed by atoms with Gasteiger partial charge >= 0.3 is 0 Å². The fourth-order valence-electron chi connectivity index (χ4n) is 3.37. The van der Waals surface area contributed by atoms with Crippen LogP contribution in [0.2, 0.25) is 0 Å². The summed E-state index contributed by atoms with van der Waals surface area (Å²) in [5, 5.41) is 13.1. The Morgan fingerprint density at radius 3 is 3.00 bits per heavy atom. The Bertz CT molecular complexity index is 772. The Morgan fingerprint density at radius 1 is 1.42 bits per heavy atom. The summed E-state index contributed by atoms with van der Waals surface area (Å²) in [5.41, 5.74) is 9.13. The van der Waals surface area contributed by atoms with E-state index in [1.165, 1.54) is 4.88 Å². The van der Waals surface area contributed by atoms with E-state index in [9.17, 15) is 9.90 Å². The molecule has 1 unspecified atom stereocenters. The van der Waals surface area contributed by atoms with Gasteiger partial charge in [0.2, 0.25) is 5.91 Å². The molecular weight excluding hydrogens is 348 g/mol. The van der Waals surface area contributed by atoms with Gasteiger partial charge in [-0.1, -0.05) is 18.2 Å². The fraction of sp³-hybridized carbons (Fsp3) is 0.450. The maximum absolute atomic E-state index is 12.4. The summed E-state index contributed by atoms with van der Waals surface area (Å²) in [6.45, 7) is 2.76. The van der Waals surface area contributed by atoms with Crippen LogP contribution >= 0.6 is 11.3 Å². The Labute approximate surface area is 158 Å².